The van der Waals surface area contributed by atoms with Crippen molar-refractivity contribution in [1.29, 1.82) is 0 Å². The summed E-state index contributed by atoms with van der Waals surface area (Å²) in [6.45, 7) is 0.248. The molecule has 0 atom stereocenters. The topological polar surface area (TPSA) is 100 Å². The molecule has 4 aromatic rings. The van der Waals surface area contributed by atoms with E-state index in [9.17, 15) is 14.4 Å². The summed E-state index contributed by atoms with van der Waals surface area (Å²) < 4.78 is 0. The standard InChI is InChI=1S/C27H22N4O3/c32-25(21-9-5-13-24(16-21)31-27(34)22-10-6-14-28-18-22)29-17-19-7-4-8-20(15-19)26(33)30-23-11-2-1-3-12-23/h1-16,18H,17H2,(H,29,32)(H,30,33)(H,31,34). The van der Waals surface area contributed by atoms with Crippen molar-refractivity contribution >= 4 is 29.1 Å². The third-order valence-electron chi connectivity index (χ3n) is 4.98. The van der Waals surface area contributed by atoms with Crippen molar-refractivity contribution in [3.8, 4) is 0 Å². The number of nitrogens with zero attached hydrogens (tertiary/aromatic N) is 1. The van der Waals surface area contributed by atoms with E-state index in [1.807, 2.05) is 36.4 Å². The van der Waals surface area contributed by atoms with Gasteiger partial charge in [-0.15, -0.1) is 0 Å². The molecule has 0 aliphatic heterocycles. The van der Waals surface area contributed by atoms with Gasteiger partial charge in [0.05, 0.1) is 5.56 Å². The van der Waals surface area contributed by atoms with E-state index < -0.39 is 0 Å². The number of rotatable bonds is 7. The predicted octanol–water partition coefficient (Wildman–Crippen LogP) is 4.52. The lowest BCUT2D eigenvalue weighted by molar-refractivity contribution is 0.0949. The second-order valence-electron chi connectivity index (χ2n) is 7.48. The number of nitrogens with one attached hydrogen (secondary N) is 3. The van der Waals surface area contributed by atoms with Crippen molar-refractivity contribution in [3.63, 3.8) is 0 Å². The zero-order chi connectivity index (χ0) is 23.8. The Balaban J connectivity index is 1.36. The summed E-state index contributed by atoms with van der Waals surface area (Å²) in [6, 6.07) is 26.3. The molecule has 3 N–H and O–H groups in total. The van der Waals surface area contributed by atoms with E-state index >= 15 is 0 Å². The number of pyridine rings is 1. The summed E-state index contributed by atoms with van der Waals surface area (Å²) in [5, 5.41) is 8.46. The highest BCUT2D eigenvalue weighted by atomic mass is 16.2. The van der Waals surface area contributed by atoms with Gasteiger partial charge in [-0.25, -0.2) is 0 Å². The average Bonchev–Trinajstić information content (AvgIpc) is 2.88. The maximum Gasteiger partial charge on any atom is 0.257 e. The Hall–Kier alpha value is -4.78. The number of para-hydroxylation sites is 1. The SMILES string of the molecule is O=C(NCc1cccc(C(=O)Nc2ccccc2)c1)c1cccc(NC(=O)c2cccnc2)c1. The van der Waals surface area contributed by atoms with Gasteiger partial charge in [0.1, 0.15) is 0 Å². The number of hydrogen-bond donors (Lipinski definition) is 3. The highest BCUT2D eigenvalue weighted by molar-refractivity contribution is 6.05. The fourth-order valence-corrected chi connectivity index (χ4v) is 3.27. The van der Waals surface area contributed by atoms with E-state index in [-0.39, 0.29) is 24.3 Å². The van der Waals surface area contributed by atoms with E-state index in [4.69, 9.17) is 0 Å². The Morgan fingerprint density at radius 2 is 1.26 bits per heavy atom. The summed E-state index contributed by atoms with van der Waals surface area (Å²) in [4.78, 5) is 41.4. The van der Waals surface area contributed by atoms with Gasteiger partial charge in [-0.3, -0.25) is 19.4 Å². The normalized spacial score (nSPS) is 10.2. The largest absolute Gasteiger partial charge is 0.348 e. The first-order valence-corrected chi connectivity index (χ1v) is 10.6. The van der Waals surface area contributed by atoms with Crippen LogP contribution in [-0.2, 0) is 6.54 Å². The van der Waals surface area contributed by atoms with Crippen LogP contribution in [0, 0.1) is 0 Å². The van der Waals surface area contributed by atoms with Gasteiger partial charge >= 0.3 is 0 Å². The molecule has 168 valence electrons. The molecule has 0 radical (unpaired) electrons. The smallest absolute Gasteiger partial charge is 0.257 e. The van der Waals surface area contributed by atoms with Crippen LogP contribution in [0.25, 0.3) is 0 Å². The van der Waals surface area contributed by atoms with Crippen LogP contribution in [0.15, 0.2) is 103 Å². The number of benzene rings is 3. The highest BCUT2D eigenvalue weighted by Crippen LogP contribution is 2.14. The maximum absolute atomic E-state index is 12.7. The van der Waals surface area contributed by atoms with Crippen molar-refractivity contribution in [3.05, 3.63) is 126 Å². The molecule has 0 fully saturated rings. The summed E-state index contributed by atoms with van der Waals surface area (Å²) in [6.07, 6.45) is 3.06. The summed E-state index contributed by atoms with van der Waals surface area (Å²) in [5.74, 6) is -0.829. The van der Waals surface area contributed by atoms with Crippen molar-refractivity contribution in [2.45, 2.75) is 6.54 Å². The third-order valence-corrected chi connectivity index (χ3v) is 4.98. The average molecular weight is 450 g/mol. The van der Waals surface area contributed by atoms with Crippen LogP contribution in [0.3, 0.4) is 0 Å². The number of amides is 3. The van der Waals surface area contributed by atoms with E-state index in [2.05, 4.69) is 20.9 Å². The van der Waals surface area contributed by atoms with Crippen LogP contribution in [0.4, 0.5) is 11.4 Å². The molecule has 4 rings (SSSR count). The van der Waals surface area contributed by atoms with Crippen LogP contribution in [0.1, 0.15) is 36.6 Å². The molecule has 3 amide bonds. The molecule has 34 heavy (non-hydrogen) atoms. The highest BCUT2D eigenvalue weighted by Gasteiger charge is 2.11. The van der Waals surface area contributed by atoms with Gasteiger partial charge in [0.2, 0.25) is 0 Å². The number of aromatic nitrogens is 1. The van der Waals surface area contributed by atoms with E-state index in [1.54, 1.807) is 60.8 Å². The number of carbonyl (C=O) groups excluding carboxylic acids is 3. The van der Waals surface area contributed by atoms with Crippen LogP contribution < -0.4 is 16.0 Å². The molecule has 0 saturated heterocycles. The lowest BCUT2D eigenvalue weighted by atomic mass is 10.1. The zero-order valence-electron chi connectivity index (χ0n) is 18.2. The Morgan fingerprint density at radius 3 is 2.03 bits per heavy atom. The summed E-state index contributed by atoms with van der Waals surface area (Å²) in [5.41, 5.74) is 3.32. The van der Waals surface area contributed by atoms with Gasteiger partial charge in [-0.2, -0.15) is 0 Å². The van der Waals surface area contributed by atoms with Gasteiger partial charge in [0.25, 0.3) is 17.7 Å². The molecular formula is C27H22N4O3. The number of carbonyl (C=O) groups is 3. The number of hydrogen-bond acceptors (Lipinski definition) is 4. The molecule has 0 unspecified atom stereocenters. The molecule has 0 bridgehead atoms. The minimum Gasteiger partial charge on any atom is -0.348 e. The Labute approximate surface area is 196 Å². The summed E-state index contributed by atoms with van der Waals surface area (Å²) >= 11 is 0. The van der Waals surface area contributed by atoms with Crippen molar-refractivity contribution < 1.29 is 14.4 Å². The number of anilines is 2. The van der Waals surface area contributed by atoms with Gasteiger partial charge in [0, 0.05) is 41.4 Å². The molecule has 0 saturated carbocycles. The van der Waals surface area contributed by atoms with Crippen molar-refractivity contribution in [2.75, 3.05) is 10.6 Å². The molecular weight excluding hydrogens is 428 g/mol. The summed E-state index contributed by atoms with van der Waals surface area (Å²) in [7, 11) is 0. The van der Waals surface area contributed by atoms with Crippen molar-refractivity contribution in [2.24, 2.45) is 0 Å². The quantitative estimate of drug-likeness (QED) is 0.386. The molecule has 7 heteroatoms. The lowest BCUT2D eigenvalue weighted by Gasteiger charge is -2.10. The second kappa shape index (κ2) is 10.7. The van der Waals surface area contributed by atoms with Gasteiger partial charge in [-0.05, 0) is 60.2 Å². The van der Waals surface area contributed by atoms with Gasteiger partial charge < -0.3 is 16.0 Å². The fraction of sp³-hybridized carbons (Fsp3) is 0.0370. The molecule has 7 nitrogen and oxygen atoms in total. The van der Waals surface area contributed by atoms with E-state index in [0.717, 1.165) is 5.56 Å². The predicted molar refractivity (Wildman–Crippen MR) is 131 cm³/mol. The molecule has 1 heterocycles. The van der Waals surface area contributed by atoms with E-state index in [1.165, 1.54) is 6.20 Å². The minimum absolute atomic E-state index is 0.226. The molecule has 0 aliphatic carbocycles. The lowest BCUT2D eigenvalue weighted by Crippen LogP contribution is -2.23. The van der Waals surface area contributed by atoms with Crippen LogP contribution in [0.5, 0.6) is 0 Å². The maximum atomic E-state index is 12.7. The third kappa shape index (κ3) is 5.92. The van der Waals surface area contributed by atoms with Crippen LogP contribution in [-0.4, -0.2) is 22.7 Å². The van der Waals surface area contributed by atoms with Crippen LogP contribution in [0.2, 0.25) is 0 Å². The first-order valence-electron chi connectivity index (χ1n) is 10.6. The Morgan fingerprint density at radius 1 is 0.618 bits per heavy atom. The first kappa shape index (κ1) is 22.4. The second-order valence-corrected chi connectivity index (χ2v) is 7.48. The first-order chi connectivity index (χ1) is 16.6. The molecule has 0 aliphatic rings. The Kier molecular flexibility index (Phi) is 7.05. The monoisotopic (exact) mass is 450 g/mol. The van der Waals surface area contributed by atoms with Crippen molar-refractivity contribution in [1.82, 2.24) is 10.3 Å². The Bertz CT molecular complexity index is 1310. The molecule has 1 aromatic heterocycles. The minimum atomic E-state index is -0.309. The van der Waals surface area contributed by atoms with E-state index in [0.29, 0.717) is 28.1 Å². The van der Waals surface area contributed by atoms with Gasteiger partial charge in [-0.1, -0.05) is 36.4 Å². The van der Waals surface area contributed by atoms with Gasteiger partial charge in [0.15, 0.2) is 0 Å². The fourth-order valence-electron chi connectivity index (χ4n) is 3.27. The van der Waals surface area contributed by atoms with Crippen LogP contribution >= 0.6 is 0 Å². The molecule has 0 spiro atoms. The molecule has 3 aromatic carbocycles. The zero-order valence-corrected chi connectivity index (χ0v) is 18.2.